The summed E-state index contributed by atoms with van der Waals surface area (Å²) in [6.45, 7) is 2.73. The van der Waals surface area contributed by atoms with E-state index in [9.17, 15) is 0 Å². The van der Waals surface area contributed by atoms with Crippen molar-refractivity contribution in [2.24, 2.45) is 0 Å². The highest BCUT2D eigenvalue weighted by Gasteiger charge is 2.01. The molecule has 0 spiro atoms. The van der Waals surface area contributed by atoms with E-state index >= 15 is 0 Å². The Kier molecular flexibility index (Phi) is 4.38. The van der Waals surface area contributed by atoms with Gasteiger partial charge in [0.15, 0.2) is 0 Å². The fraction of sp³-hybridized carbons (Fsp3) is 0.308. The van der Waals surface area contributed by atoms with E-state index in [1.807, 2.05) is 10.9 Å². The van der Waals surface area contributed by atoms with Crippen LogP contribution in [0.5, 0.6) is 0 Å². The van der Waals surface area contributed by atoms with Gasteiger partial charge in [0.1, 0.15) is 0 Å². The number of benzene rings is 1. The molecule has 2 aromatic rings. The molecule has 0 aliphatic rings. The van der Waals surface area contributed by atoms with Crippen LogP contribution in [0.3, 0.4) is 0 Å². The number of nitrogens with two attached hydrogens (primary N) is 1. The van der Waals surface area contributed by atoms with Crippen molar-refractivity contribution in [3.8, 4) is 0 Å². The smallest absolute Gasteiger partial charge is 0.0719 e. The van der Waals surface area contributed by atoms with E-state index in [0.29, 0.717) is 5.69 Å². The molecular weight excluding hydrogens is 292 g/mol. The lowest BCUT2D eigenvalue weighted by Gasteiger charge is -2.16. The average molecular weight is 309 g/mol. The molecule has 1 heterocycles. The second-order valence-corrected chi connectivity index (χ2v) is 5.32. The minimum absolute atomic E-state index is 0.713. The van der Waals surface area contributed by atoms with Gasteiger partial charge >= 0.3 is 0 Å². The summed E-state index contributed by atoms with van der Waals surface area (Å²) in [7, 11) is 2.11. The lowest BCUT2D eigenvalue weighted by molar-refractivity contribution is 0.305. The lowest BCUT2D eigenvalue weighted by Crippen LogP contribution is -2.23. The number of nitrogens with zero attached hydrogens (tertiary/aromatic N) is 3. The second-order valence-electron chi connectivity index (χ2n) is 4.40. The maximum Gasteiger partial charge on any atom is 0.0719 e. The SMILES string of the molecule is CN(CCn1cc(N)cn1)Cc1ccc(Br)cc1. The molecular formula is C13H17BrN4. The van der Waals surface area contributed by atoms with E-state index in [0.717, 1.165) is 24.1 Å². The maximum atomic E-state index is 5.62. The van der Waals surface area contributed by atoms with Gasteiger partial charge in [-0.1, -0.05) is 28.1 Å². The third-order valence-corrected chi connectivity index (χ3v) is 3.26. The largest absolute Gasteiger partial charge is 0.396 e. The molecule has 0 saturated carbocycles. The highest BCUT2D eigenvalue weighted by Crippen LogP contribution is 2.11. The molecule has 0 aliphatic carbocycles. The molecule has 96 valence electrons. The standard InChI is InChI=1S/C13H17BrN4/c1-17(6-7-18-10-13(15)8-16-18)9-11-2-4-12(14)5-3-11/h2-5,8,10H,6-7,9,15H2,1H3. The number of likely N-dealkylation sites (N-methyl/N-ethyl adjacent to an activating group) is 1. The fourth-order valence-electron chi connectivity index (χ4n) is 1.76. The molecule has 18 heavy (non-hydrogen) atoms. The highest BCUT2D eigenvalue weighted by molar-refractivity contribution is 9.10. The Labute approximate surface area is 116 Å². The number of halogens is 1. The monoisotopic (exact) mass is 308 g/mol. The van der Waals surface area contributed by atoms with Gasteiger partial charge in [-0.05, 0) is 24.7 Å². The van der Waals surface area contributed by atoms with E-state index < -0.39 is 0 Å². The second kappa shape index (κ2) is 6.02. The van der Waals surface area contributed by atoms with Crippen LogP contribution in [0.15, 0.2) is 41.1 Å². The molecule has 4 nitrogen and oxygen atoms in total. The Bertz CT molecular complexity index is 492. The van der Waals surface area contributed by atoms with Gasteiger partial charge in [0.05, 0.1) is 18.4 Å². The summed E-state index contributed by atoms with van der Waals surface area (Å²) < 4.78 is 2.98. The lowest BCUT2D eigenvalue weighted by atomic mass is 10.2. The van der Waals surface area contributed by atoms with Crippen LogP contribution in [-0.4, -0.2) is 28.3 Å². The number of rotatable bonds is 5. The van der Waals surface area contributed by atoms with Crippen LogP contribution in [-0.2, 0) is 13.1 Å². The van der Waals surface area contributed by atoms with Crippen molar-refractivity contribution in [1.82, 2.24) is 14.7 Å². The summed E-state index contributed by atoms with van der Waals surface area (Å²) >= 11 is 3.44. The molecule has 2 rings (SSSR count). The molecule has 0 saturated heterocycles. The molecule has 1 aromatic carbocycles. The zero-order valence-electron chi connectivity index (χ0n) is 10.4. The van der Waals surface area contributed by atoms with Gasteiger partial charge in [-0.25, -0.2) is 0 Å². The van der Waals surface area contributed by atoms with Crippen molar-refractivity contribution in [2.75, 3.05) is 19.3 Å². The first-order valence-electron chi connectivity index (χ1n) is 5.84. The Hall–Kier alpha value is -1.33. The molecule has 0 fully saturated rings. The van der Waals surface area contributed by atoms with Gasteiger partial charge in [-0.15, -0.1) is 0 Å². The van der Waals surface area contributed by atoms with Crippen molar-refractivity contribution in [1.29, 1.82) is 0 Å². The van der Waals surface area contributed by atoms with Crippen LogP contribution >= 0.6 is 15.9 Å². The van der Waals surface area contributed by atoms with Crippen LogP contribution in [0.4, 0.5) is 5.69 Å². The Morgan fingerprint density at radius 2 is 2.06 bits per heavy atom. The zero-order chi connectivity index (χ0) is 13.0. The van der Waals surface area contributed by atoms with Gasteiger partial charge < -0.3 is 10.6 Å². The summed E-state index contributed by atoms with van der Waals surface area (Å²) in [5.74, 6) is 0. The van der Waals surface area contributed by atoms with Gasteiger partial charge in [0, 0.05) is 23.8 Å². The van der Waals surface area contributed by atoms with E-state index in [1.165, 1.54) is 5.56 Å². The molecule has 5 heteroatoms. The van der Waals surface area contributed by atoms with E-state index in [2.05, 4.69) is 57.2 Å². The number of nitrogen functional groups attached to an aromatic ring is 1. The Balaban J connectivity index is 1.81. The third-order valence-electron chi connectivity index (χ3n) is 2.73. The normalized spacial score (nSPS) is 11.1. The van der Waals surface area contributed by atoms with E-state index in [-0.39, 0.29) is 0 Å². The van der Waals surface area contributed by atoms with Crippen LogP contribution < -0.4 is 5.73 Å². The number of anilines is 1. The molecule has 0 bridgehead atoms. The van der Waals surface area contributed by atoms with Crippen LogP contribution in [0, 0.1) is 0 Å². The summed E-state index contributed by atoms with van der Waals surface area (Å²) in [5.41, 5.74) is 7.64. The average Bonchev–Trinajstić information content (AvgIpc) is 2.76. The van der Waals surface area contributed by atoms with Crippen LogP contribution in [0.2, 0.25) is 0 Å². The maximum absolute atomic E-state index is 5.62. The summed E-state index contributed by atoms with van der Waals surface area (Å²) in [4.78, 5) is 2.26. The van der Waals surface area contributed by atoms with Gasteiger partial charge in [0.25, 0.3) is 0 Å². The fourth-order valence-corrected chi connectivity index (χ4v) is 2.02. The minimum Gasteiger partial charge on any atom is -0.396 e. The Morgan fingerprint density at radius 3 is 2.67 bits per heavy atom. The van der Waals surface area contributed by atoms with E-state index in [4.69, 9.17) is 5.73 Å². The first-order chi connectivity index (χ1) is 8.63. The predicted octanol–water partition coefficient (Wildman–Crippen LogP) is 2.36. The van der Waals surface area contributed by atoms with Crippen molar-refractivity contribution in [3.05, 3.63) is 46.7 Å². The molecule has 0 aliphatic heterocycles. The third kappa shape index (κ3) is 3.85. The molecule has 1 aromatic heterocycles. The molecule has 0 radical (unpaired) electrons. The van der Waals surface area contributed by atoms with Gasteiger partial charge in [0.2, 0.25) is 0 Å². The first kappa shape index (κ1) is 13.1. The molecule has 0 atom stereocenters. The number of hydrogen-bond donors (Lipinski definition) is 1. The quantitative estimate of drug-likeness (QED) is 0.922. The van der Waals surface area contributed by atoms with Gasteiger partial charge in [-0.3, -0.25) is 4.68 Å². The topological polar surface area (TPSA) is 47.1 Å². The molecule has 0 amide bonds. The van der Waals surface area contributed by atoms with Crippen molar-refractivity contribution in [2.45, 2.75) is 13.1 Å². The summed E-state index contributed by atoms with van der Waals surface area (Å²) in [5, 5.41) is 4.17. The van der Waals surface area contributed by atoms with E-state index in [1.54, 1.807) is 6.20 Å². The van der Waals surface area contributed by atoms with Crippen molar-refractivity contribution in [3.63, 3.8) is 0 Å². The zero-order valence-corrected chi connectivity index (χ0v) is 12.0. The molecule has 0 unspecified atom stereocenters. The van der Waals surface area contributed by atoms with Gasteiger partial charge in [-0.2, -0.15) is 5.10 Å². The Morgan fingerprint density at radius 1 is 1.33 bits per heavy atom. The van der Waals surface area contributed by atoms with Crippen LogP contribution in [0.25, 0.3) is 0 Å². The highest BCUT2D eigenvalue weighted by atomic mass is 79.9. The van der Waals surface area contributed by atoms with Crippen LogP contribution in [0.1, 0.15) is 5.56 Å². The minimum atomic E-state index is 0.713. The summed E-state index contributed by atoms with van der Waals surface area (Å²) in [6.07, 6.45) is 3.53. The number of aromatic nitrogens is 2. The predicted molar refractivity (Wildman–Crippen MR) is 77.1 cm³/mol. The molecule has 2 N–H and O–H groups in total. The first-order valence-corrected chi connectivity index (χ1v) is 6.64. The van der Waals surface area contributed by atoms with Crippen molar-refractivity contribution < 1.29 is 0 Å². The van der Waals surface area contributed by atoms with Crippen molar-refractivity contribution >= 4 is 21.6 Å². The number of hydrogen-bond acceptors (Lipinski definition) is 3. The summed E-state index contributed by atoms with van der Waals surface area (Å²) in [6, 6.07) is 8.40.